The van der Waals surface area contributed by atoms with Crippen LogP contribution >= 0.6 is 0 Å². The maximum Gasteiger partial charge on any atom is 0.281 e. The minimum atomic E-state index is -1.65. The molecule has 2 aliphatic carbocycles. The van der Waals surface area contributed by atoms with Gasteiger partial charge in [0.05, 0.1) is 5.92 Å². The van der Waals surface area contributed by atoms with Gasteiger partial charge in [0.1, 0.15) is 12.1 Å². The van der Waals surface area contributed by atoms with Crippen molar-refractivity contribution in [3.63, 3.8) is 0 Å². The minimum Gasteiger partial charge on any atom is -0.361 e. The van der Waals surface area contributed by atoms with E-state index in [0.29, 0.717) is 25.9 Å². The van der Waals surface area contributed by atoms with Gasteiger partial charge in [-0.15, -0.1) is 0 Å². The number of rotatable bonds is 6. The second-order valence-corrected chi connectivity index (χ2v) is 14.5. The molecular formula is C37H45N5O5. The first kappa shape index (κ1) is 30.6. The molecule has 2 aromatic rings. The third kappa shape index (κ3) is 4.17. The highest BCUT2D eigenvalue weighted by atomic mass is 16.8. The highest BCUT2D eigenvalue weighted by molar-refractivity contribution is 6.01. The van der Waals surface area contributed by atoms with Crippen molar-refractivity contribution in [2.45, 2.75) is 75.7 Å². The molecule has 3 fully saturated rings. The summed E-state index contributed by atoms with van der Waals surface area (Å²) in [5, 5.41) is 1.22. The van der Waals surface area contributed by atoms with E-state index < -0.39 is 35.6 Å². The van der Waals surface area contributed by atoms with E-state index in [2.05, 4.69) is 59.6 Å². The number of benzene rings is 1. The quantitative estimate of drug-likeness (QED) is 0.515. The second kappa shape index (κ2) is 10.9. The maximum atomic E-state index is 15.1. The summed E-state index contributed by atoms with van der Waals surface area (Å²) in [5.74, 6) is -2.92. The molecule has 6 aliphatic rings. The molecule has 4 aliphatic heterocycles. The number of carbonyl (C=O) groups is 3. The lowest BCUT2D eigenvalue weighted by atomic mass is 9.79. The molecule has 1 aromatic heterocycles. The largest absolute Gasteiger partial charge is 0.361 e. The average molecular weight is 640 g/mol. The molecular weight excluding hydrogens is 594 g/mol. The van der Waals surface area contributed by atoms with Crippen LogP contribution in [0.1, 0.15) is 50.7 Å². The molecule has 0 bridgehead atoms. The van der Waals surface area contributed by atoms with Crippen LogP contribution in [-0.4, -0.2) is 106 Å². The topological polar surface area (TPSA) is 98.4 Å². The van der Waals surface area contributed by atoms with Gasteiger partial charge in [-0.1, -0.05) is 56.4 Å². The lowest BCUT2D eigenvalue weighted by molar-refractivity contribution is -0.344. The number of aromatic nitrogens is 1. The molecule has 248 valence electrons. The molecule has 0 spiro atoms. The standard InChI is InChI=1S/C37H45N5O5/c1-22(2)36(40(4)33(43)25-18-27-26-13-9-14-28-32(26)24(20-38-28)19-29(27)39(3)21-25)35(45)42-30(17-23-11-7-6-8-12-23)34(44)41-16-10-15-31(41)37(42,46-5)47-36/h6-9,11,13-14,18,20,22-23,25,29-31,38H,10,12,15-17,19,21H2,1-5H3. The molecule has 8 rings (SSSR count). The highest BCUT2D eigenvalue weighted by Crippen LogP contribution is 2.52. The predicted octanol–water partition coefficient (Wildman–Crippen LogP) is 3.90. The van der Waals surface area contributed by atoms with Gasteiger partial charge in [0.15, 0.2) is 0 Å². The highest BCUT2D eigenvalue weighted by Gasteiger charge is 2.74. The number of aromatic amines is 1. The van der Waals surface area contributed by atoms with Crippen molar-refractivity contribution >= 4 is 34.2 Å². The summed E-state index contributed by atoms with van der Waals surface area (Å²) in [6.07, 6.45) is 16.0. The van der Waals surface area contributed by atoms with Crippen LogP contribution in [0.25, 0.3) is 16.5 Å². The van der Waals surface area contributed by atoms with E-state index in [0.717, 1.165) is 35.9 Å². The molecule has 5 heterocycles. The Labute approximate surface area is 276 Å². The van der Waals surface area contributed by atoms with Crippen LogP contribution in [0.3, 0.4) is 0 Å². The number of nitrogens with zero attached hydrogens (tertiary/aromatic N) is 4. The summed E-state index contributed by atoms with van der Waals surface area (Å²) >= 11 is 0. The van der Waals surface area contributed by atoms with Gasteiger partial charge in [0, 0.05) is 56.3 Å². The summed E-state index contributed by atoms with van der Waals surface area (Å²) in [4.78, 5) is 54.7. The van der Waals surface area contributed by atoms with E-state index in [-0.39, 0.29) is 29.7 Å². The van der Waals surface area contributed by atoms with Crippen molar-refractivity contribution in [1.82, 2.24) is 24.6 Å². The van der Waals surface area contributed by atoms with Gasteiger partial charge in [-0.05, 0) is 67.8 Å². The average Bonchev–Trinajstić information content (AvgIpc) is 3.80. The number of hydrogen-bond donors (Lipinski definition) is 1. The number of methoxy groups -OCH3 is 1. The van der Waals surface area contributed by atoms with Crippen molar-refractivity contribution in [2.24, 2.45) is 17.8 Å². The lowest BCUT2D eigenvalue weighted by Gasteiger charge is -2.51. The fourth-order valence-electron chi connectivity index (χ4n) is 9.49. The van der Waals surface area contributed by atoms with Crippen LogP contribution in [0.15, 0.2) is 54.8 Å². The van der Waals surface area contributed by atoms with Crippen LogP contribution in [-0.2, 0) is 30.3 Å². The number of carbonyl (C=O) groups excluding carboxylic acids is 3. The molecule has 10 heteroatoms. The van der Waals surface area contributed by atoms with Crippen molar-refractivity contribution in [1.29, 1.82) is 0 Å². The Balaban J connectivity index is 1.18. The number of allylic oxidation sites excluding steroid dienone is 4. The lowest BCUT2D eigenvalue weighted by Crippen LogP contribution is -2.72. The van der Waals surface area contributed by atoms with E-state index >= 15 is 4.79 Å². The molecule has 0 saturated carbocycles. The molecule has 1 aromatic carbocycles. The van der Waals surface area contributed by atoms with E-state index in [1.165, 1.54) is 15.8 Å². The van der Waals surface area contributed by atoms with E-state index in [9.17, 15) is 9.59 Å². The number of ether oxygens (including phenoxy) is 2. The zero-order valence-electron chi connectivity index (χ0n) is 27.9. The summed E-state index contributed by atoms with van der Waals surface area (Å²) < 4.78 is 13.3. The number of nitrogens with one attached hydrogen (secondary N) is 1. The Bertz CT molecular complexity index is 1740. The zero-order valence-corrected chi connectivity index (χ0v) is 27.9. The number of hydrogen-bond acceptors (Lipinski definition) is 6. The Hall–Kier alpha value is -3.73. The first-order valence-electron chi connectivity index (χ1n) is 17.1. The van der Waals surface area contributed by atoms with Gasteiger partial charge < -0.3 is 19.5 Å². The van der Waals surface area contributed by atoms with Gasteiger partial charge in [-0.25, -0.2) is 0 Å². The molecule has 47 heavy (non-hydrogen) atoms. The summed E-state index contributed by atoms with van der Waals surface area (Å²) in [6.45, 7) is 4.95. The normalized spacial score (nSPS) is 34.6. The number of H-pyrrole nitrogens is 1. The molecule has 1 N–H and O–H groups in total. The van der Waals surface area contributed by atoms with E-state index in [1.807, 2.05) is 30.9 Å². The predicted molar refractivity (Wildman–Crippen MR) is 177 cm³/mol. The Morgan fingerprint density at radius 1 is 1.23 bits per heavy atom. The van der Waals surface area contributed by atoms with Gasteiger partial charge in [0.2, 0.25) is 17.5 Å². The van der Waals surface area contributed by atoms with Gasteiger partial charge in [-0.2, -0.15) is 0 Å². The first-order chi connectivity index (χ1) is 22.6. The smallest absolute Gasteiger partial charge is 0.281 e. The number of fused-ring (bicyclic) bond motifs is 5. The monoisotopic (exact) mass is 639 g/mol. The van der Waals surface area contributed by atoms with Crippen LogP contribution in [0, 0.1) is 17.8 Å². The van der Waals surface area contributed by atoms with Crippen LogP contribution in [0.2, 0.25) is 0 Å². The Morgan fingerprint density at radius 3 is 2.81 bits per heavy atom. The van der Waals surface area contributed by atoms with Crippen molar-refractivity contribution in [3.05, 3.63) is 65.9 Å². The number of likely N-dealkylation sites (N-methyl/N-ethyl adjacent to an activating group) is 2. The maximum absolute atomic E-state index is 15.1. The zero-order chi connectivity index (χ0) is 32.8. The molecule has 10 nitrogen and oxygen atoms in total. The Kier molecular flexibility index (Phi) is 7.10. The number of amides is 3. The van der Waals surface area contributed by atoms with E-state index in [4.69, 9.17) is 9.47 Å². The Morgan fingerprint density at radius 2 is 2.06 bits per heavy atom. The molecule has 0 radical (unpaired) electrons. The fraction of sp³-hybridized carbons (Fsp3) is 0.541. The number of piperazine rings is 1. The van der Waals surface area contributed by atoms with Crippen LogP contribution in [0.4, 0.5) is 0 Å². The second-order valence-electron chi connectivity index (χ2n) is 14.5. The summed E-state index contributed by atoms with van der Waals surface area (Å²) in [5.41, 5.74) is 3.04. The van der Waals surface area contributed by atoms with Gasteiger partial charge in [0.25, 0.3) is 11.8 Å². The SMILES string of the molecule is COC12OC(C(C)C)(N(C)C(=O)C3C=C4c5cccc6[nH]cc(c56)CC4N(C)C3)C(=O)N1C(CC1C=CC=CC1)C(=O)N1CCCC12. The van der Waals surface area contributed by atoms with Crippen molar-refractivity contribution in [3.8, 4) is 0 Å². The van der Waals surface area contributed by atoms with Crippen LogP contribution in [0.5, 0.6) is 0 Å². The third-order valence-corrected chi connectivity index (χ3v) is 11.8. The fourth-order valence-corrected chi connectivity index (χ4v) is 9.49. The third-order valence-electron chi connectivity index (χ3n) is 11.8. The molecule has 3 saturated heterocycles. The molecule has 3 amide bonds. The summed E-state index contributed by atoms with van der Waals surface area (Å²) in [6, 6.07) is 5.24. The van der Waals surface area contributed by atoms with Crippen molar-refractivity contribution in [2.75, 3.05) is 34.3 Å². The van der Waals surface area contributed by atoms with Crippen molar-refractivity contribution < 1.29 is 23.9 Å². The van der Waals surface area contributed by atoms with Gasteiger partial charge in [-0.3, -0.25) is 28.9 Å². The van der Waals surface area contributed by atoms with Gasteiger partial charge >= 0.3 is 0 Å². The molecule has 7 unspecified atom stereocenters. The minimum absolute atomic E-state index is 0.0612. The summed E-state index contributed by atoms with van der Waals surface area (Å²) in [7, 11) is 5.33. The van der Waals surface area contributed by atoms with E-state index in [1.54, 1.807) is 19.1 Å². The van der Waals surface area contributed by atoms with Crippen LogP contribution < -0.4 is 0 Å². The first-order valence-corrected chi connectivity index (χ1v) is 17.1. The molecule has 7 atom stereocenters.